The Morgan fingerprint density at radius 3 is 1.40 bits per heavy atom. The van der Waals surface area contributed by atoms with E-state index in [4.69, 9.17) is 14.4 Å². The second kappa shape index (κ2) is 3.98. The summed E-state index contributed by atoms with van der Waals surface area (Å²) < 4.78 is 8.70. The summed E-state index contributed by atoms with van der Waals surface area (Å²) in [5, 5.41) is 0. The van der Waals surface area contributed by atoms with Crippen molar-refractivity contribution in [1.29, 1.82) is 0 Å². The second-order valence-corrected chi connectivity index (χ2v) is 0.758. The van der Waals surface area contributed by atoms with E-state index in [1.54, 1.807) is 0 Å². The average molecular weight is 99.0 g/mol. The molecule has 4 N–H and O–H groups in total. The molecule has 0 rings (SSSR count). The molecule has 0 aliphatic heterocycles. The molecule has 0 aromatic carbocycles. The predicted octanol–water partition coefficient (Wildman–Crippen LogP) is -1.20. The summed E-state index contributed by atoms with van der Waals surface area (Å²) in [6, 6.07) is 0. The quantitative estimate of drug-likeness (QED) is 0.374. The molecular formula is H4O4P+. The largest absolute Gasteiger partial charge is 0.692 e. The van der Waals surface area contributed by atoms with Crippen molar-refractivity contribution in [1.82, 2.24) is 0 Å². The highest BCUT2D eigenvalue weighted by Crippen LogP contribution is 1.98. The van der Waals surface area contributed by atoms with Crippen molar-refractivity contribution in [2.45, 2.75) is 0 Å². The van der Waals surface area contributed by atoms with Crippen LogP contribution in [0.25, 0.3) is 0 Å². The average Bonchev–Trinajstić information content (AvgIpc) is 0.811. The maximum absolute atomic E-state index is 8.70. The standard InChI is InChI=1S/HO3P.H2O/c1-4(2)3;/h(H-,1,2,3);1H2/p+1. The lowest BCUT2D eigenvalue weighted by molar-refractivity contribution is 0.405. The number of hydrogen-bond acceptors (Lipinski definition) is 1. The van der Waals surface area contributed by atoms with Gasteiger partial charge in [0.1, 0.15) is 0 Å². The molecule has 0 aliphatic rings. The van der Waals surface area contributed by atoms with E-state index in [0.717, 1.165) is 0 Å². The van der Waals surface area contributed by atoms with E-state index in [1.807, 2.05) is 0 Å². The Labute approximate surface area is 29.3 Å². The first-order valence-corrected chi connectivity index (χ1v) is 1.75. The van der Waals surface area contributed by atoms with Crippen LogP contribution in [-0.2, 0) is 4.57 Å². The molecule has 0 unspecified atom stereocenters. The summed E-state index contributed by atoms with van der Waals surface area (Å²) in [6.07, 6.45) is 0. The molecule has 5 heteroatoms. The molecule has 0 amide bonds. The van der Waals surface area contributed by atoms with Gasteiger partial charge in [-0.2, -0.15) is 0 Å². The lowest BCUT2D eigenvalue weighted by Gasteiger charge is -1.34. The summed E-state index contributed by atoms with van der Waals surface area (Å²) in [6.45, 7) is 0. The van der Waals surface area contributed by atoms with Gasteiger partial charge in [-0.15, -0.1) is 9.79 Å². The highest BCUT2D eigenvalue weighted by Gasteiger charge is 1.93. The topological polar surface area (TPSA) is 89.0 Å². The van der Waals surface area contributed by atoms with Crippen molar-refractivity contribution in [2.75, 3.05) is 0 Å². The van der Waals surface area contributed by atoms with Crippen LogP contribution in [0.15, 0.2) is 0 Å². The number of hydrogen-bond donors (Lipinski definition) is 2. The number of rotatable bonds is 0. The lowest BCUT2D eigenvalue weighted by atomic mass is 15.8. The van der Waals surface area contributed by atoms with Gasteiger partial charge in [0.05, 0.1) is 0 Å². The SMILES string of the molecule is O.O=[P+](O)O. The Balaban J connectivity index is 0. The first-order valence-electron chi connectivity index (χ1n) is 0.583. The highest BCUT2D eigenvalue weighted by molar-refractivity contribution is 7.30. The summed E-state index contributed by atoms with van der Waals surface area (Å²) in [4.78, 5) is 14.2. The van der Waals surface area contributed by atoms with Crippen LogP contribution in [0.1, 0.15) is 0 Å². The van der Waals surface area contributed by atoms with Crippen LogP contribution < -0.4 is 0 Å². The molecule has 0 aliphatic carbocycles. The van der Waals surface area contributed by atoms with Crippen molar-refractivity contribution < 1.29 is 19.8 Å². The van der Waals surface area contributed by atoms with Crippen LogP contribution in [0.4, 0.5) is 0 Å². The van der Waals surface area contributed by atoms with Crippen LogP contribution in [0, 0.1) is 0 Å². The summed E-state index contributed by atoms with van der Waals surface area (Å²) in [7, 11) is -2.87. The normalized spacial score (nSPS) is 5.20. The minimum absolute atomic E-state index is 0. The molecule has 0 bridgehead atoms. The van der Waals surface area contributed by atoms with E-state index in [1.165, 1.54) is 0 Å². The maximum Gasteiger partial charge on any atom is 0.692 e. The molecule has 0 fully saturated rings. The van der Waals surface area contributed by atoms with Gasteiger partial charge in [-0.05, 0) is 0 Å². The first-order chi connectivity index (χ1) is 1.73. The zero-order chi connectivity index (χ0) is 3.58. The molecule has 0 spiro atoms. The molecule has 0 heterocycles. The summed E-state index contributed by atoms with van der Waals surface area (Å²) >= 11 is 0. The van der Waals surface area contributed by atoms with E-state index in [0.29, 0.717) is 0 Å². The van der Waals surface area contributed by atoms with Crippen LogP contribution in [-0.4, -0.2) is 15.3 Å². The zero-order valence-corrected chi connectivity index (χ0v) is 3.14. The third-order valence-corrected chi connectivity index (χ3v) is 0. The summed E-state index contributed by atoms with van der Waals surface area (Å²) in [5.74, 6) is 0. The molecule has 32 valence electrons. The Morgan fingerprint density at radius 1 is 1.40 bits per heavy atom. The van der Waals surface area contributed by atoms with Gasteiger partial charge in [-0.1, -0.05) is 0 Å². The fourth-order valence-corrected chi connectivity index (χ4v) is 0. The Hall–Kier alpha value is -0.0200. The van der Waals surface area contributed by atoms with Gasteiger partial charge in [0, 0.05) is 4.57 Å². The van der Waals surface area contributed by atoms with Crippen LogP contribution in [0.3, 0.4) is 0 Å². The van der Waals surface area contributed by atoms with Gasteiger partial charge in [-0.3, -0.25) is 0 Å². The second-order valence-electron chi connectivity index (χ2n) is 0.253. The third-order valence-electron chi connectivity index (χ3n) is 0. The van der Waals surface area contributed by atoms with E-state index in [9.17, 15) is 0 Å². The molecule has 4 nitrogen and oxygen atoms in total. The van der Waals surface area contributed by atoms with Gasteiger partial charge in [0.15, 0.2) is 0 Å². The predicted molar refractivity (Wildman–Crippen MR) is 15.7 cm³/mol. The van der Waals surface area contributed by atoms with E-state index < -0.39 is 8.25 Å². The van der Waals surface area contributed by atoms with Crippen molar-refractivity contribution in [3.05, 3.63) is 0 Å². The Morgan fingerprint density at radius 2 is 1.40 bits per heavy atom. The molecular weight excluding hydrogens is 95.0 g/mol. The molecule has 0 aromatic rings. The molecule has 0 radical (unpaired) electrons. The molecule has 0 saturated carbocycles. The van der Waals surface area contributed by atoms with Crippen molar-refractivity contribution in [3.8, 4) is 0 Å². The smallest absolute Gasteiger partial charge is 0.412 e. The fraction of sp³-hybridized carbons (Fsp3) is 0. The zero-order valence-electron chi connectivity index (χ0n) is 2.25. The fourth-order valence-electron chi connectivity index (χ4n) is 0. The Kier molecular flexibility index (Phi) is 7.07. The molecule has 0 atom stereocenters. The van der Waals surface area contributed by atoms with Crippen molar-refractivity contribution in [3.63, 3.8) is 0 Å². The van der Waals surface area contributed by atoms with Gasteiger partial charge in [0.2, 0.25) is 0 Å². The maximum atomic E-state index is 8.70. The monoisotopic (exact) mass is 99.0 g/mol. The van der Waals surface area contributed by atoms with Gasteiger partial charge in [-0.25, -0.2) is 0 Å². The van der Waals surface area contributed by atoms with Crippen molar-refractivity contribution >= 4 is 8.25 Å². The highest BCUT2D eigenvalue weighted by atomic mass is 31.1. The van der Waals surface area contributed by atoms with E-state index >= 15 is 0 Å². The van der Waals surface area contributed by atoms with Gasteiger partial charge < -0.3 is 5.48 Å². The minimum Gasteiger partial charge on any atom is -0.412 e. The van der Waals surface area contributed by atoms with E-state index in [2.05, 4.69) is 0 Å². The minimum atomic E-state index is -2.87. The summed E-state index contributed by atoms with van der Waals surface area (Å²) in [5.41, 5.74) is 0. The lowest BCUT2D eigenvalue weighted by Crippen LogP contribution is -1.38. The first kappa shape index (κ1) is 8.88. The molecule has 0 aromatic heterocycles. The van der Waals surface area contributed by atoms with Crippen LogP contribution >= 0.6 is 8.25 Å². The Bertz CT molecular complexity index is 26.6. The van der Waals surface area contributed by atoms with Crippen LogP contribution in [0.2, 0.25) is 0 Å². The van der Waals surface area contributed by atoms with Crippen LogP contribution in [0.5, 0.6) is 0 Å². The van der Waals surface area contributed by atoms with Crippen molar-refractivity contribution in [2.24, 2.45) is 0 Å². The van der Waals surface area contributed by atoms with Gasteiger partial charge in [0.25, 0.3) is 0 Å². The van der Waals surface area contributed by atoms with Gasteiger partial charge >= 0.3 is 8.25 Å². The van der Waals surface area contributed by atoms with E-state index in [-0.39, 0.29) is 5.48 Å². The molecule has 5 heavy (non-hydrogen) atoms. The molecule has 0 saturated heterocycles. The third kappa shape index (κ3) is 39000.